The van der Waals surface area contributed by atoms with E-state index in [-0.39, 0.29) is 0 Å². The van der Waals surface area contributed by atoms with Gasteiger partial charge in [-0.25, -0.2) is 4.98 Å². The Bertz CT molecular complexity index is 361. The highest BCUT2D eigenvalue weighted by Gasteiger charge is 2.14. The van der Waals surface area contributed by atoms with Crippen LogP contribution in [0.15, 0.2) is 24.4 Å². The van der Waals surface area contributed by atoms with E-state index < -0.39 is 0 Å². The molecule has 1 aromatic rings. The summed E-state index contributed by atoms with van der Waals surface area (Å²) in [4.78, 5) is 4.36. The fourth-order valence-corrected chi connectivity index (χ4v) is 2.03. The second-order valence-electron chi connectivity index (χ2n) is 4.13. The summed E-state index contributed by atoms with van der Waals surface area (Å²) in [5, 5.41) is 10.3. The molecule has 0 radical (unpaired) electrons. The lowest BCUT2D eigenvalue weighted by Crippen LogP contribution is -2.15. The first kappa shape index (κ1) is 10.9. The van der Waals surface area contributed by atoms with Crippen LogP contribution in [0.5, 0.6) is 0 Å². The van der Waals surface area contributed by atoms with Gasteiger partial charge in [0.1, 0.15) is 5.82 Å². The van der Waals surface area contributed by atoms with Crippen molar-refractivity contribution in [1.29, 1.82) is 5.41 Å². The van der Waals surface area contributed by atoms with E-state index in [1.54, 1.807) is 6.08 Å². The van der Waals surface area contributed by atoms with Crippen molar-refractivity contribution < 1.29 is 0 Å². The van der Waals surface area contributed by atoms with Gasteiger partial charge in [-0.3, -0.25) is 0 Å². The number of anilines is 1. The van der Waals surface area contributed by atoms with Crippen molar-refractivity contribution in [3.05, 3.63) is 30.0 Å². The first-order chi connectivity index (χ1) is 7.88. The van der Waals surface area contributed by atoms with Gasteiger partial charge in [0.2, 0.25) is 0 Å². The standard InChI is InChI=1S/C13H17N3/c14-9-3-4-11-7-8-13(15-10-11)16-12-5-1-2-6-12/h3-4,7-10,12,14H,1-2,5-6H2,(H,15,16)/b4-3-,14-9?. The van der Waals surface area contributed by atoms with Gasteiger partial charge >= 0.3 is 0 Å². The van der Waals surface area contributed by atoms with Crippen LogP contribution in [0, 0.1) is 5.41 Å². The van der Waals surface area contributed by atoms with Crippen molar-refractivity contribution in [2.45, 2.75) is 31.7 Å². The van der Waals surface area contributed by atoms with E-state index in [0.29, 0.717) is 6.04 Å². The van der Waals surface area contributed by atoms with Crippen molar-refractivity contribution in [2.75, 3.05) is 5.32 Å². The van der Waals surface area contributed by atoms with Crippen LogP contribution < -0.4 is 5.32 Å². The number of allylic oxidation sites excluding steroid dienone is 1. The summed E-state index contributed by atoms with van der Waals surface area (Å²) >= 11 is 0. The molecule has 1 aliphatic carbocycles. The van der Waals surface area contributed by atoms with Gasteiger partial charge < -0.3 is 10.7 Å². The topological polar surface area (TPSA) is 48.8 Å². The van der Waals surface area contributed by atoms with Crippen LogP contribution in [0.3, 0.4) is 0 Å². The first-order valence-corrected chi connectivity index (χ1v) is 5.78. The van der Waals surface area contributed by atoms with Crippen molar-refractivity contribution in [2.24, 2.45) is 0 Å². The van der Waals surface area contributed by atoms with Gasteiger partial charge in [-0.15, -0.1) is 0 Å². The molecular weight excluding hydrogens is 198 g/mol. The Kier molecular flexibility index (Phi) is 3.70. The summed E-state index contributed by atoms with van der Waals surface area (Å²) in [5.74, 6) is 0.957. The Hall–Kier alpha value is -1.64. The van der Waals surface area contributed by atoms with Crippen molar-refractivity contribution in [3.8, 4) is 0 Å². The smallest absolute Gasteiger partial charge is 0.126 e. The minimum atomic E-state index is 0.607. The zero-order valence-corrected chi connectivity index (χ0v) is 9.32. The van der Waals surface area contributed by atoms with E-state index in [0.717, 1.165) is 11.4 Å². The van der Waals surface area contributed by atoms with E-state index in [1.807, 2.05) is 24.4 Å². The minimum absolute atomic E-state index is 0.607. The first-order valence-electron chi connectivity index (χ1n) is 5.78. The van der Waals surface area contributed by atoms with Gasteiger partial charge in [0.15, 0.2) is 0 Å². The van der Waals surface area contributed by atoms with Gasteiger partial charge in [0.05, 0.1) is 0 Å². The fraction of sp³-hybridized carbons (Fsp3) is 0.385. The molecule has 0 atom stereocenters. The normalized spacial score (nSPS) is 16.8. The van der Waals surface area contributed by atoms with Crippen molar-refractivity contribution in [3.63, 3.8) is 0 Å². The molecule has 84 valence electrons. The number of pyridine rings is 1. The Labute approximate surface area is 96.1 Å². The third kappa shape index (κ3) is 2.92. The molecular formula is C13H17N3. The maximum atomic E-state index is 6.90. The Balaban J connectivity index is 1.95. The predicted molar refractivity (Wildman–Crippen MR) is 67.9 cm³/mol. The molecule has 0 bridgehead atoms. The summed E-state index contributed by atoms with van der Waals surface area (Å²) < 4.78 is 0. The maximum Gasteiger partial charge on any atom is 0.126 e. The van der Waals surface area contributed by atoms with Crippen LogP contribution in [0.1, 0.15) is 31.2 Å². The number of rotatable bonds is 4. The largest absolute Gasteiger partial charge is 0.367 e. The molecule has 1 aliphatic rings. The van der Waals surface area contributed by atoms with Crippen LogP contribution in [-0.2, 0) is 0 Å². The molecule has 1 heterocycles. The molecule has 2 N–H and O–H groups in total. The third-order valence-corrected chi connectivity index (χ3v) is 2.88. The molecule has 1 saturated carbocycles. The number of hydrogen-bond acceptors (Lipinski definition) is 3. The Morgan fingerprint density at radius 3 is 2.75 bits per heavy atom. The quantitative estimate of drug-likeness (QED) is 0.758. The molecule has 1 aromatic heterocycles. The van der Waals surface area contributed by atoms with Crippen LogP contribution in [0.4, 0.5) is 5.82 Å². The second kappa shape index (κ2) is 5.45. The molecule has 16 heavy (non-hydrogen) atoms. The number of nitrogens with zero attached hydrogens (tertiary/aromatic N) is 1. The third-order valence-electron chi connectivity index (χ3n) is 2.88. The molecule has 0 spiro atoms. The van der Waals surface area contributed by atoms with E-state index >= 15 is 0 Å². The average molecular weight is 215 g/mol. The van der Waals surface area contributed by atoms with Crippen molar-refractivity contribution in [1.82, 2.24) is 4.98 Å². The van der Waals surface area contributed by atoms with Gasteiger partial charge in [0, 0.05) is 18.5 Å². The molecule has 0 saturated heterocycles. The molecule has 0 amide bonds. The maximum absolute atomic E-state index is 6.90. The number of hydrogen-bond donors (Lipinski definition) is 2. The van der Waals surface area contributed by atoms with Gasteiger partial charge in [0.25, 0.3) is 0 Å². The lowest BCUT2D eigenvalue weighted by atomic mass is 10.2. The lowest BCUT2D eigenvalue weighted by Gasteiger charge is -2.12. The summed E-state index contributed by atoms with van der Waals surface area (Å²) in [7, 11) is 0. The average Bonchev–Trinajstić information content (AvgIpc) is 2.81. The van der Waals surface area contributed by atoms with E-state index in [1.165, 1.54) is 31.9 Å². The van der Waals surface area contributed by atoms with E-state index in [4.69, 9.17) is 5.41 Å². The molecule has 3 nitrogen and oxygen atoms in total. The minimum Gasteiger partial charge on any atom is -0.367 e. The van der Waals surface area contributed by atoms with Crippen LogP contribution in [-0.4, -0.2) is 17.2 Å². The summed E-state index contributed by atoms with van der Waals surface area (Å²) in [6, 6.07) is 4.63. The van der Waals surface area contributed by atoms with Crippen LogP contribution >= 0.6 is 0 Å². The monoisotopic (exact) mass is 215 g/mol. The molecule has 0 aromatic carbocycles. The van der Waals surface area contributed by atoms with Gasteiger partial charge in [-0.2, -0.15) is 0 Å². The molecule has 2 rings (SSSR count). The van der Waals surface area contributed by atoms with Gasteiger partial charge in [-0.1, -0.05) is 18.9 Å². The SMILES string of the molecule is N=C/C=C\c1ccc(NC2CCCC2)nc1. The molecule has 0 aliphatic heterocycles. The van der Waals surface area contributed by atoms with E-state index in [9.17, 15) is 0 Å². The molecule has 3 heteroatoms. The zero-order valence-electron chi connectivity index (χ0n) is 9.32. The highest BCUT2D eigenvalue weighted by atomic mass is 15.0. The highest BCUT2D eigenvalue weighted by Crippen LogP contribution is 2.21. The fourth-order valence-electron chi connectivity index (χ4n) is 2.03. The van der Waals surface area contributed by atoms with Gasteiger partial charge in [-0.05, 0) is 36.6 Å². The lowest BCUT2D eigenvalue weighted by molar-refractivity contribution is 0.750. The predicted octanol–water partition coefficient (Wildman–Crippen LogP) is 3.10. The second-order valence-corrected chi connectivity index (χ2v) is 4.13. The van der Waals surface area contributed by atoms with Crippen LogP contribution in [0.2, 0.25) is 0 Å². The summed E-state index contributed by atoms with van der Waals surface area (Å²) in [6.07, 6.45) is 11.9. The molecule has 0 unspecified atom stereocenters. The Morgan fingerprint density at radius 2 is 2.12 bits per heavy atom. The number of nitrogens with one attached hydrogen (secondary N) is 2. The highest BCUT2D eigenvalue weighted by molar-refractivity contribution is 5.75. The van der Waals surface area contributed by atoms with E-state index in [2.05, 4.69) is 10.3 Å². The van der Waals surface area contributed by atoms with Crippen LogP contribution in [0.25, 0.3) is 6.08 Å². The summed E-state index contributed by atoms with van der Waals surface area (Å²) in [6.45, 7) is 0. The zero-order chi connectivity index (χ0) is 11.2. The molecule has 1 fully saturated rings. The van der Waals surface area contributed by atoms with Crippen molar-refractivity contribution >= 4 is 18.1 Å². The number of aromatic nitrogens is 1. The Morgan fingerprint density at radius 1 is 1.31 bits per heavy atom. The summed E-state index contributed by atoms with van der Waals surface area (Å²) in [5.41, 5.74) is 1.03.